The fraction of sp³-hybridized carbons (Fsp3) is 0.875. The van der Waals surface area contributed by atoms with Crippen molar-refractivity contribution in [3.05, 3.63) is 0 Å². The van der Waals surface area contributed by atoms with Gasteiger partial charge in [-0.25, -0.2) is 0 Å². The van der Waals surface area contributed by atoms with Crippen molar-refractivity contribution in [2.45, 2.75) is 156 Å². The molecule has 0 saturated heterocycles. The first kappa shape index (κ1) is 37.9. The number of hydrogen-bond acceptors (Lipinski definition) is 4. The lowest BCUT2D eigenvalue weighted by Crippen LogP contribution is -2.55. The van der Waals surface area contributed by atoms with E-state index >= 15 is 0 Å². The molecule has 0 aromatic carbocycles. The van der Waals surface area contributed by atoms with Crippen LogP contribution in [0.3, 0.4) is 0 Å². The zero-order valence-electron chi connectivity index (χ0n) is 25.7. The molecule has 0 fully saturated rings. The van der Waals surface area contributed by atoms with Crippen molar-refractivity contribution in [2.75, 3.05) is 0 Å². The molecule has 0 amide bonds. The van der Waals surface area contributed by atoms with Crippen LogP contribution in [0, 0.1) is 22.7 Å². The normalized spacial score (nSPS) is 14.7. The van der Waals surface area contributed by atoms with Gasteiger partial charge in [-0.3, -0.25) is 19.2 Å². The van der Waals surface area contributed by atoms with E-state index in [0.717, 1.165) is 51.4 Å². The van der Waals surface area contributed by atoms with Crippen LogP contribution in [0.4, 0.5) is 0 Å². The first-order valence-electron chi connectivity index (χ1n) is 15.7. The second kappa shape index (κ2) is 20.7. The molecule has 0 saturated carbocycles. The van der Waals surface area contributed by atoms with Crippen LogP contribution in [0.15, 0.2) is 0 Å². The SMILES string of the molecule is CC(C)CCCCCCCCCC(CC(=O)O)(C(=O)O)C(CCCCCCCCCC(C)C)(CC(=O)O)C(=O)O. The molecule has 0 radical (unpaired) electrons. The standard InChI is InChI=1S/C32H58O8/c1-25(2)19-15-11-7-5-9-13-17-21-31(29(37)38,23-27(33)34)32(30(39)40,24-28(35)36)22-18-14-10-6-8-12-16-20-26(3)4/h25-26H,5-24H2,1-4H3,(H,33,34)(H,35,36)(H,37,38)(H,39,40). The van der Waals surface area contributed by atoms with E-state index < -0.39 is 47.5 Å². The van der Waals surface area contributed by atoms with Crippen molar-refractivity contribution < 1.29 is 39.6 Å². The Hall–Kier alpha value is -2.12. The van der Waals surface area contributed by atoms with Crippen LogP contribution in [0.2, 0.25) is 0 Å². The van der Waals surface area contributed by atoms with Gasteiger partial charge in [0.25, 0.3) is 0 Å². The lowest BCUT2D eigenvalue weighted by atomic mass is 9.55. The number of unbranched alkanes of at least 4 members (excludes halogenated alkanes) is 12. The molecule has 8 nitrogen and oxygen atoms in total. The third-order valence-corrected chi connectivity index (χ3v) is 8.41. The minimum absolute atomic E-state index is 0.169. The summed E-state index contributed by atoms with van der Waals surface area (Å²) in [5.41, 5.74) is -4.39. The first-order chi connectivity index (χ1) is 18.8. The van der Waals surface area contributed by atoms with Crippen molar-refractivity contribution >= 4 is 23.9 Å². The van der Waals surface area contributed by atoms with Crippen LogP contribution >= 0.6 is 0 Å². The Kier molecular flexibility index (Phi) is 19.6. The highest BCUT2D eigenvalue weighted by Crippen LogP contribution is 2.53. The molecule has 0 bridgehead atoms. The number of carbonyl (C=O) groups is 4. The van der Waals surface area contributed by atoms with E-state index in [2.05, 4.69) is 27.7 Å². The summed E-state index contributed by atoms with van der Waals surface area (Å²) in [7, 11) is 0. The Balaban J connectivity index is 5.43. The van der Waals surface area contributed by atoms with Crippen LogP contribution in [0.5, 0.6) is 0 Å². The second-order valence-electron chi connectivity index (χ2n) is 12.7. The topological polar surface area (TPSA) is 149 Å². The van der Waals surface area contributed by atoms with Crippen LogP contribution in [-0.4, -0.2) is 44.3 Å². The van der Waals surface area contributed by atoms with Gasteiger partial charge in [-0.15, -0.1) is 0 Å². The molecule has 0 aliphatic rings. The van der Waals surface area contributed by atoms with E-state index in [1.165, 1.54) is 25.7 Å². The number of carboxylic acid groups (broad SMARTS) is 4. The number of aliphatic carboxylic acids is 4. The second-order valence-corrected chi connectivity index (χ2v) is 12.7. The highest BCUT2D eigenvalue weighted by molar-refractivity contribution is 5.92. The number of hydrogen-bond donors (Lipinski definition) is 4. The monoisotopic (exact) mass is 570 g/mol. The Morgan fingerprint density at radius 1 is 0.450 bits per heavy atom. The highest BCUT2D eigenvalue weighted by Gasteiger charge is 2.62. The highest BCUT2D eigenvalue weighted by atomic mass is 16.4. The molecule has 234 valence electrons. The Bertz CT molecular complexity index is 685. The molecule has 4 N–H and O–H groups in total. The maximum absolute atomic E-state index is 12.7. The minimum Gasteiger partial charge on any atom is -0.481 e. The van der Waals surface area contributed by atoms with Gasteiger partial charge in [-0.1, -0.05) is 130 Å². The summed E-state index contributed by atoms with van der Waals surface area (Å²) in [5.74, 6) is -4.55. The Labute approximate surface area is 242 Å². The lowest BCUT2D eigenvalue weighted by molar-refractivity contribution is -0.184. The lowest BCUT2D eigenvalue weighted by Gasteiger charge is -2.44. The molecule has 8 heteroatoms. The number of carboxylic acids is 4. The van der Waals surface area contributed by atoms with Crippen molar-refractivity contribution in [3.63, 3.8) is 0 Å². The quantitative estimate of drug-likeness (QED) is 0.0719. The van der Waals surface area contributed by atoms with Crippen molar-refractivity contribution in [1.29, 1.82) is 0 Å². The summed E-state index contributed by atoms with van der Waals surface area (Å²) in [6.45, 7) is 8.79. The Morgan fingerprint density at radius 3 is 0.925 bits per heavy atom. The average molecular weight is 571 g/mol. The van der Waals surface area contributed by atoms with Gasteiger partial charge in [-0.05, 0) is 24.7 Å². The first-order valence-corrected chi connectivity index (χ1v) is 15.7. The third-order valence-electron chi connectivity index (χ3n) is 8.41. The van der Waals surface area contributed by atoms with E-state index in [1.807, 2.05) is 0 Å². The van der Waals surface area contributed by atoms with Gasteiger partial charge in [0.2, 0.25) is 0 Å². The molecule has 0 aliphatic carbocycles. The van der Waals surface area contributed by atoms with Crippen molar-refractivity contribution in [1.82, 2.24) is 0 Å². The molecular weight excluding hydrogens is 512 g/mol. The molecule has 0 rings (SSSR count). The molecule has 0 aromatic heterocycles. The predicted octanol–water partition coefficient (Wildman–Crippen LogP) is 8.41. The minimum atomic E-state index is -2.20. The van der Waals surface area contributed by atoms with Gasteiger partial charge in [-0.2, -0.15) is 0 Å². The van der Waals surface area contributed by atoms with Crippen molar-refractivity contribution in [2.24, 2.45) is 22.7 Å². The van der Waals surface area contributed by atoms with Crippen LogP contribution in [-0.2, 0) is 19.2 Å². The maximum atomic E-state index is 12.7. The predicted molar refractivity (Wildman–Crippen MR) is 157 cm³/mol. The smallest absolute Gasteiger partial charge is 0.311 e. The van der Waals surface area contributed by atoms with Crippen molar-refractivity contribution in [3.8, 4) is 0 Å². The fourth-order valence-electron chi connectivity index (χ4n) is 6.01. The molecule has 0 spiro atoms. The van der Waals surface area contributed by atoms with Crippen LogP contribution in [0.25, 0.3) is 0 Å². The van der Waals surface area contributed by atoms with Gasteiger partial charge in [0.05, 0.1) is 23.7 Å². The fourth-order valence-corrected chi connectivity index (χ4v) is 6.01. The summed E-state index contributed by atoms with van der Waals surface area (Å²) in [4.78, 5) is 49.3. The molecule has 0 aliphatic heterocycles. The molecule has 0 aromatic rings. The molecular formula is C32H58O8. The van der Waals surface area contributed by atoms with Gasteiger partial charge in [0, 0.05) is 0 Å². The zero-order chi connectivity index (χ0) is 30.6. The largest absolute Gasteiger partial charge is 0.481 e. The van der Waals surface area contributed by atoms with Gasteiger partial charge >= 0.3 is 23.9 Å². The molecule has 40 heavy (non-hydrogen) atoms. The zero-order valence-corrected chi connectivity index (χ0v) is 25.7. The van der Waals surface area contributed by atoms with E-state index in [-0.39, 0.29) is 12.8 Å². The van der Waals surface area contributed by atoms with Crippen LogP contribution in [0.1, 0.15) is 156 Å². The van der Waals surface area contributed by atoms with Gasteiger partial charge in [0.15, 0.2) is 0 Å². The maximum Gasteiger partial charge on any atom is 0.311 e. The van der Waals surface area contributed by atoms with Crippen LogP contribution < -0.4 is 0 Å². The molecule has 2 atom stereocenters. The van der Waals surface area contributed by atoms with Gasteiger partial charge in [0.1, 0.15) is 0 Å². The summed E-state index contributed by atoms with van der Waals surface area (Å²) in [5, 5.41) is 40.1. The molecule has 2 unspecified atom stereocenters. The number of rotatable bonds is 27. The summed E-state index contributed by atoms with van der Waals surface area (Å²) < 4.78 is 0. The summed E-state index contributed by atoms with van der Waals surface area (Å²) in [6.07, 6.45) is 12.6. The van der Waals surface area contributed by atoms with E-state index in [4.69, 9.17) is 0 Å². The summed E-state index contributed by atoms with van der Waals surface area (Å²) in [6, 6.07) is 0. The molecule has 0 heterocycles. The van der Waals surface area contributed by atoms with E-state index in [1.54, 1.807) is 0 Å². The third kappa shape index (κ3) is 14.5. The van der Waals surface area contributed by atoms with Gasteiger partial charge < -0.3 is 20.4 Å². The Morgan fingerprint density at radius 2 is 0.700 bits per heavy atom. The summed E-state index contributed by atoms with van der Waals surface area (Å²) >= 11 is 0. The van der Waals surface area contributed by atoms with E-state index in [9.17, 15) is 39.6 Å². The van der Waals surface area contributed by atoms with E-state index in [0.29, 0.717) is 37.5 Å². The average Bonchev–Trinajstić information content (AvgIpc) is 2.83.